The summed E-state index contributed by atoms with van der Waals surface area (Å²) >= 11 is 6.34. The summed E-state index contributed by atoms with van der Waals surface area (Å²) in [7, 11) is -6.49. The maximum atomic E-state index is 6.34. The molecule has 0 aliphatic heterocycles. The van der Waals surface area contributed by atoms with Crippen LogP contribution < -0.4 is 10.4 Å². The van der Waals surface area contributed by atoms with E-state index in [2.05, 4.69) is 0 Å². The molecule has 1 aromatic carbocycles. The van der Waals surface area contributed by atoms with Gasteiger partial charge in [-0.15, -0.1) is 11.6 Å². The van der Waals surface area contributed by atoms with Gasteiger partial charge >= 0.3 is 17.6 Å². The Morgan fingerprint density at radius 3 is 1.39 bits per heavy atom. The van der Waals surface area contributed by atoms with Crippen LogP contribution in [-0.2, 0) is 32.4 Å². The third-order valence-electron chi connectivity index (χ3n) is 3.94. The van der Waals surface area contributed by atoms with Crippen LogP contribution in [0.5, 0.6) is 0 Å². The molecule has 162 valence electrons. The van der Waals surface area contributed by atoms with Crippen LogP contribution in [0.15, 0.2) is 18.2 Å². The van der Waals surface area contributed by atoms with Crippen molar-refractivity contribution in [3.63, 3.8) is 0 Å². The second-order valence-corrected chi connectivity index (χ2v) is 10.9. The Kier molecular flexibility index (Phi) is 12.0. The second-order valence-electron chi connectivity index (χ2n) is 5.68. The van der Waals surface area contributed by atoms with Gasteiger partial charge < -0.3 is 26.6 Å². The number of rotatable bonds is 15. The SMILES string of the molecule is CCO[Si](OCC)(OCC)c1cccc(CCl)c1[Si](OCC)(OCC)OCC. The summed E-state index contributed by atoms with van der Waals surface area (Å²) in [5.41, 5.74) is 0.886. The fraction of sp³-hybridized carbons (Fsp3) is 0.684. The van der Waals surface area contributed by atoms with Gasteiger partial charge in [0, 0.05) is 55.9 Å². The first-order valence-corrected chi connectivity index (χ1v) is 14.0. The van der Waals surface area contributed by atoms with E-state index in [1.165, 1.54) is 0 Å². The fourth-order valence-electron chi connectivity index (χ4n) is 3.17. The summed E-state index contributed by atoms with van der Waals surface area (Å²) in [6, 6.07) is 5.88. The molecule has 0 saturated carbocycles. The van der Waals surface area contributed by atoms with Crippen molar-refractivity contribution in [1.82, 2.24) is 0 Å². The molecule has 0 unspecified atom stereocenters. The fourth-order valence-corrected chi connectivity index (χ4v) is 9.85. The van der Waals surface area contributed by atoms with Crippen molar-refractivity contribution < 1.29 is 26.6 Å². The minimum absolute atomic E-state index is 0.292. The average molecular weight is 451 g/mol. The zero-order valence-electron chi connectivity index (χ0n) is 18.0. The molecule has 1 rings (SSSR count). The molecule has 6 nitrogen and oxygen atoms in total. The summed E-state index contributed by atoms with van der Waals surface area (Å²) in [4.78, 5) is 0. The van der Waals surface area contributed by atoms with Gasteiger partial charge in [0.1, 0.15) is 0 Å². The zero-order valence-corrected chi connectivity index (χ0v) is 20.8. The molecule has 0 aliphatic rings. The number of alkyl halides is 1. The highest BCUT2D eigenvalue weighted by molar-refractivity contribution is 6.87. The Balaban J connectivity index is 3.84. The monoisotopic (exact) mass is 450 g/mol. The number of hydrogen-bond donors (Lipinski definition) is 0. The molecule has 0 atom stereocenters. The molecular formula is C19H35ClO6Si2. The lowest BCUT2D eigenvalue weighted by atomic mass is 10.2. The topological polar surface area (TPSA) is 55.4 Å². The molecule has 1 aromatic rings. The predicted molar refractivity (Wildman–Crippen MR) is 117 cm³/mol. The third-order valence-corrected chi connectivity index (χ3v) is 10.8. The van der Waals surface area contributed by atoms with Gasteiger partial charge in [0.15, 0.2) is 0 Å². The Morgan fingerprint density at radius 2 is 1.04 bits per heavy atom. The van der Waals surface area contributed by atoms with E-state index >= 15 is 0 Å². The molecule has 0 aliphatic carbocycles. The lowest BCUT2D eigenvalue weighted by molar-refractivity contribution is 0.0805. The first-order chi connectivity index (χ1) is 13.5. The van der Waals surface area contributed by atoms with Crippen LogP contribution in [0.25, 0.3) is 0 Å². The van der Waals surface area contributed by atoms with Crippen LogP contribution in [0.4, 0.5) is 0 Å². The number of benzene rings is 1. The van der Waals surface area contributed by atoms with Crippen LogP contribution in [0.2, 0.25) is 0 Å². The van der Waals surface area contributed by atoms with E-state index in [4.69, 9.17) is 38.2 Å². The van der Waals surface area contributed by atoms with E-state index in [9.17, 15) is 0 Å². The van der Waals surface area contributed by atoms with Gasteiger partial charge in [0.2, 0.25) is 0 Å². The highest BCUT2D eigenvalue weighted by Crippen LogP contribution is 2.19. The van der Waals surface area contributed by atoms with Crippen molar-refractivity contribution in [2.75, 3.05) is 39.6 Å². The summed E-state index contributed by atoms with van der Waals surface area (Å²) in [6.07, 6.45) is 0. The van der Waals surface area contributed by atoms with Gasteiger partial charge in [-0.3, -0.25) is 0 Å². The average Bonchev–Trinajstić information content (AvgIpc) is 2.68. The summed E-state index contributed by atoms with van der Waals surface area (Å²) in [5.74, 6) is 0.292. The number of halogens is 1. The molecule has 0 radical (unpaired) electrons. The Hall–Kier alpha value is -0.296. The van der Waals surface area contributed by atoms with Crippen LogP contribution in [0.1, 0.15) is 47.1 Å². The molecular weight excluding hydrogens is 416 g/mol. The molecule has 0 aromatic heterocycles. The van der Waals surface area contributed by atoms with Gasteiger partial charge in [0.05, 0.1) is 0 Å². The minimum atomic E-state index is -3.27. The molecule has 0 spiro atoms. The summed E-state index contributed by atoms with van der Waals surface area (Å²) in [5, 5.41) is 1.63. The smallest absolute Gasteiger partial charge is 0.370 e. The Labute approximate surface area is 177 Å². The van der Waals surface area contributed by atoms with E-state index in [0.717, 1.165) is 15.9 Å². The number of hydrogen-bond acceptors (Lipinski definition) is 6. The Bertz CT molecular complexity index is 541. The van der Waals surface area contributed by atoms with Crippen molar-refractivity contribution in [1.29, 1.82) is 0 Å². The van der Waals surface area contributed by atoms with Crippen LogP contribution >= 0.6 is 11.6 Å². The van der Waals surface area contributed by atoms with Crippen LogP contribution in [0, 0.1) is 0 Å². The van der Waals surface area contributed by atoms with Crippen molar-refractivity contribution in [2.45, 2.75) is 47.4 Å². The van der Waals surface area contributed by atoms with Crippen LogP contribution in [-0.4, -0.2) is 57.3 Å². The molecule has 0 amide bonds. The second kappa shape index (κ2) is 13.1. The maximum absolute atomic E-state index is 6.34. The highest BCUT2D eigenvalue weighted by Gasteiger charge is 2.54. The van der Waals surface area contributed by atoms with Gasteiger partial charge in [-0.05, 0) is 47.1 Å². The summed E-state index contributed by atoms with van der Waals surface area (Å²) in [6.45, 7) is 14.3. The van der Waals surface area contributed by atoms with Crippen molar-refractivity contribution in [3.05, 3.63) is 23.8 Å². The van der Waals surface area contributed by atoms with E-state index < -0.39 is 17.6 Å². The van der Waals surface area contributed by atoms with Crippen molar-refractivity contribution >= 4 is 39.6 Å². The molecule has 0 saturated heterocycles. The van der Waals surface area contributed by atoms with Crippen molar-refractivity contribution in [2.24, 2.45) is 0 Å². The van der Waals surface area contributed by atoms with Gasteiger partial charge in [0.25, 0.3) is 0 Å². The Morgan fingerprint density at radius 1 is 0.643 bits per heavy atom. The quantitative estimate of drug-likeness (QED) is 0.302. The summed E-state index contributed by atoms with van der Waals surface area (Å²) < 4.78 is 37.1. The van der Waals surface area contributed by atoms with Gasteiger partial charge in [-0.25, -0.2) is 0 Å². The van der Waals surface area contributed by atoms with Crippen LogP contribution in [0.3, 0.4) is 0 Å². The van der Waals surface area contributed by atoms with E-state index in [1.807, 2.05) is 59.7 Å². The molecule has 0 heterocycles. The first-order valence-electron chi connectivity index (χ1n) is 10.1. The highest BCUT2D eigenvalue weighted by atomic mass is 35.5. The normalized spacial score (nSPS) is 12.5. The van der Waals surface area contributed by atoms with E-state index in [-0.39, 0.29) is 0 Å². The molecule has 0 fully saturated rings. The largest absolute Gasteiger partial charge is 0.537 e. The lowest BCUT2D eigenvalue weighted by Crippen LogP contribution is -2.71. The molecule has 0 bridgehead atoms. The van der Waals surface area contributed by atoms with Gasteiger partial charge in [-0.1, -0.05) is 18.2 Å². The molecule has 28 heavy (non-hydrogen) atoms. The molecule has 9 heteroatoms. The minimum Gasteiger partial charge on any atom is -0.370 e. The van der Waals surface area contributed by atoms with E-state index in [0.29, 0.717) is 45.5 Å². The van der Waals surface area contributed by atoms with E-state index in [1.54, 1.807) is 0 Å². The standard InChI is InChI=1S/C19H35ClO6Si2/c1-7-21-27(22-8-2,23-9-3)18-15-13-14-17(16-20)19(18)28(24-10-4,25-11-5)26-12-6/h13-15H,7-12,16H2,1-6H3. The predicted octanol–water partition coefficient (Wildman–Crippen LogP) is 2.94. The lowest BCUT2D eigenvalue weighted by Gasteiger charge is -2.36. The molecule has 0 N–H and O–H groups in total. The zero-order chi connectivity index (χ0) is 21.0. The van der Waals surface area contributed by atoms with Crippen molar-refractivity contribution in [3.8, 4) is 0 Å². The van der Waals surface area contributed by atoms with Gasteiger partial charge in [-0.2, -0.15) is 0 Å². The first kappa shape index (κ1) is 25.7. The maximum Gasteiger partial charge on any atom is 0.537 e. The third kappa shape index (κ3) is 5.87.